The van der Waals surface area contributed by atoms with Gasteiger partial charge in [-0.3, -0.25) is 9.69 Å². The monoisotopic (exact) mass is 362 g/mol. The maximum absolute atomic E-state index is 13.6. The molecule has 142 valence electrons. The molecule has 0 spiro atoms. The van der Waals surface area contributed by atoms with Crippen LogP contribution in [0.4, 0.5) is 4.39 Å². The van der Waals surface area contributed by atoms with Crippen molar-refractivity contribution in [3.63, 3.8) is 0 Å². The molecule has 3 aliphatic rings. The third-order valence-corrected chi connectivity index (χ3v) is 6.40. The molecule has 0 aromatic heterocycles. The first-order valence-electron chi connectivity index (χ1n) is 9.61. The first-order valence-corrected chi connectivity index (χ1v) is 9.61. The van der Waals surface area contributed by atoms with Gasteiger partial charge in [-0.05, 0) is 68.8 Å². The minimum absolute atomic E-state index is 0.0788. The lowest BCUT2D eigenvalue weighted by Crippen LogP contribution is -2.48. The lowest BCUT2D eigenvalue weighted by molar-refractivity contribution is -0.000864. The van der Waals surface area contributed by atoms with Crippen LogP contribution in [0.15, 0.2) is 18.2 Å². The normalized spacial score (nSPS) is 31.9. The van der Waals surface area contributed by atoms with Gasteiger partial charge in [0.2, 0.25) is 0 Å². The number of rotatable bonds is 3. The van der Waals surface area contributed by atoms with E-state index in [-0.39, 0.29) is 23.8 Å². The summed E-state index contributed by atoms with van der Waals surface area (Å²) in [5, 5.41) is 10.6. The summed E-state index contributed by atoms with van der Waals surface area (Å²) in [6.45, 7) is 3.56. The summed E-state index contributed by atoms with van der Waals surface area (Å²) in [6, 6.07) is 4.51. The first kappa shape index (κ1) is 17.7. The SMILES string of the molecule is COc1cc(C(=O)N2C[C@H]3C[C@@H](N4CCCC4)[C@H](O)C[C@H]3C2)ccc1F. The molecule has 26 heavy (non-hydrogen) atoms. The van der Waals surface area contributed by atoms with Crippen LogP contribution in [0.1, 0.15) is 36.0 Å². The van der Waals surface area contributed by atoms with Crippen molar-refractivity contribution in [1.29, 1.82) is 0 Å². The quantitative estimate of drug-likeness (QED) is 0.895. The van der Waals surface area contributed by atoms with E-state index in [1.807, 2.05) is 4.90 Å². The lowest BCUT2D eigenvalue weighted by atomic mass is 9.77. The van der Waals surface area contributed by atoms with Crippen molar-refractivity contribution in [1.82, 2.24) is 9.80 Å². The molecule has 2 heterocycles. The molecule has 2 aliphatic heterocycles. The fourth-order valence-electron chi connectivity index (χ4n) is 5.01. The summed E-state index contributed by atoms with van der Waals surface area (Å²) in [4.78, 5) is 17.2. The molecule has 0 unspecified atom stereocenters. The van der Waals surface area contributed by atoms with Crippen LogP contribution < -0.4 is 4.74 Å². The zero-order chi connectivity index (χ0) is 18.3. The largest absolute Gasteiger partial charge is 0.494 e. The smallest absolute Gasteiger partial charge is 0.254 e. The summed E-state index contributed by atoms with van der Waals surface area (Å²) in [5.41, 5.74) is 0.457. The Morgan fingerprint density at radius 2 is 1.88 bits per heavy atom. The Hall–Kier alpha value is -1.66. The Kier molecular flexibility index (Phi) is 4.88. The number of hydrogen-bond acceptors (Lipinski definition) is 4. The zero-order valence-electron chi connectivity index (χ0n) is 15.2. The van der Waals surface area contributed by atoms with Crippen molar-refractivity contribution in [2.75, 3.05) is 33.3 Å². The molecule has 1 aromatic rings. The number of methoxy groups -OCH3 is 1. The van der Waals surface area contributed by atoms with Crippen molar-refractivity contribution in [2.45, 2.75) is 37.8 Å². The van der Waals surface area contributed by atoms with Crippen molar-refractivity contribution in [3.8, 4) is 5.75 Å². The molecule has 4 atom stereocenters. The Balaban J connectivity index is 1.45. The molecule has 4 rings (SSSR count). The van der Waals surface area contributed by atoms with Crippen LogP contribution in [-0.4, -0.2) is 66.2 Å². The van der Waals surface area contributed by atoms with Gasteiger partial charge in [0.05, 0.1) is 13.2 Å². The van der Waals surface area contributed by atoms with Gasteiger partial charge in [0.15, 0.2) is 11.6 Å². The second-order valence-corrected chi connectivity index (χ2v) is 7.93. The molecule has 1 N–H and O–H groups in total. The van der Waals surface area contributed by atoms with Crippen LogP contribution in [0.25, 0.3) is 0 Å². The minimum Gasteiger partial charge on any atom is -0.494 e. The highest BCUT2D eigenvalue weighted by Gasteiger charge is 2.45. The number of benzene rings is 1. The maximum Gasteiger partial charge on any atom is 0.254 e. The Morgan fingerprint density at radius 3 is 2.58 bits per heavy atom. The molecule has 1 amide bonds. The zero-order valence-corrected chi connectivity index (χ0v) is 15.2. The summed E-state index contributed by atoms with van der Waals surface area (Å²) in [5.74, 6) is 0.350. The molecule has 6 heteroatoms. The summed E-state index contributed by atoms with van der Waals surface area (Å²) in [7, 11) is 1.40. The van der Waals surface area contributed by atoms with Crippen LogP contribution >= 0.6 is 0 Å². The van der Waals surface area contributed by atoms with Crippen molar-refractivity contribution < 1.29 is 19.0 Å². The van der Waals surface area contributed by atoms with Crippen LogP contribution in [0.5, 0.6) is 5.75 Å². The summed E-state index contributed by atoms with van der Waals surface area (Å²) < 4.78 is 18.6. The van der Waals surface area contributed by atoms with E-state index in [4.69, 9.17) is 4.74 Å². The lowest BCUT2D eigenvalue weighted by Gasteiger charge is -2.40. The number of amides is 1. The maximum atomic E-state index is 13.6. The molecule has 1 aliphatic carbocycles. The fourth-order valence-corrected chi connectivity index (χ4v) is 5.01. The number of halogens is 1. The van der Waals surface area contributed by atoms with Gasteiger partial charge in [-0.1, -0.05) is 0 Å². The van der Waals surface area contributed by atoms with E-state index in [1.54, 1.807) is 0 Å². The highest BCUT2D eigenvalue weighted by molar-refractivity contribution is 5.94. The predicted molar refractivity (Wildman–Crippen MR) is 95.7 cm³/mol. The topological polar surface area (TPSA) is 53.0 Å². The standard InChI is InChI=1S/C20H27FN2O3/c1-26-19-10-13(4-5-16(19)21)20(25)23-11-14-8-17(22-6-2-3-7-22)18(24)9-15(14)12-23/h4-5,10,14-15,17-18,24H,2-3,6-9,11-12H2,1H3/t14-,15+,17-,18-/m1/s1. The number of likely N-dealkylation sites (tertiary alicyclic amines) is 2. The van der Waals surface area contributed by atoms with Gasteiger partial charge in [0.25, 0.3) is 5.91 Å². The van der Waals surface area contributed by atoms with E-state index < -0.39 is 5.82 Å². The van der Waals surface area contributed by atoms with Crippen molar-refractivity contribution in [3.05, 3.63) is 29.6 Å². The number of aliphatic hydroxyl groups is 1. The average molecular weight is 362 g/mol. The molecular weight excluding hydrogens is 335 g/mol. The third-order valence-electron chi connectivity index (χ3n) is 6.40. The molecular formula is C20H27FN2O3. The molecule has 1 aromatic carbocycles. The van der Waals surface area contributed by atoms with Gasteiger partial charge < -0.3 is 14.7 Å². The van der Waals surface area contributed by atoms with Crippen molar-refractivity contribution >= 4 is 5.91 Å². The van der Waals surface area contributed by atoms with E-state index in [0.717, 1.165) is 32.5 Å². The molecule has 0 bridgehead atoms. The van der Waals surface area contributed by atoms with Crippen molar-refractivity contribution in [2.24, 2.45) is 11.8 Å². The second kappa shape index (κ2) is 7.16. The fraction of sp³-hybridized carbons (Fsp3) is 0.650. The molecule has 1 saturated carbocycles. The van der Waals surface area contributed by atoms with Gasteiger partial charge in [0.1, 0.15) is 0 Å². The number of fused-ring (bicyclic) bond motifs is 1. The Bertz CT molecular complexity index is 677. The Labute approximate surface area is 153 Å². The highest BCUT2D eigenvalue weighted by atomic mass is 19.1. The minimum atomic E-state index is -0.462. The molecule has 2 saturated heterocycles. The molecule has 0 radical (unpaired) electrons. The van der Waals surface area contributed by atoms with Gasteiger partial charge in [-0.15, -0.1) is 0 Å². The number of hydrogen-bond donors (Lipinski definition) is 1. The van der Waals surface area contributed by atoms with Gasteiger partial charge in [-0.25, -0.2) is 4.39 Å². The summed E-state index contributed by atoms with van der Waals surface area (Å²) >= 11 is 0. The predicted octanol–water partition coefficient (Wildman–Crippen LogP) is 2.14. The van der Waals surface area contributed by atoms with Gasteiger partial charge in [-0.2, -0.15) is 0 Å². The summed E-state index contributed by atoms with van der Waals surface area (Å²) in [6.07, 6.45) is 3.86. The van der Waals surface area contributed by atoms with Gasteiger partial charge >= 0.3 is 0 Å². The number of carbonyl (C=O) groups excluding carboxylic acids is 1. The number of aliphatic hydroxyl groups excluding tert-OH is 1. The van der Waals surface area contributed by atoms with E-state index in [1.165, 1.54) is 38.2 Å². The van der Waals surface area contributed by atoms with Crippen LogP contribution in [0, 0.1) is 17.7 Å². The third kappa shape index (κ3) is 3.21. The van der Waals surface area contributed by atoms with Gasteiger partial charge in [0, 0.05) is 24.7 Å². The van der Waals surface area contributed by atoms with E-state index in [0.29, 0.717) is 23.9 Å². The van der Waals surface area contributed by atoms with Crippen LogP contribution in [0.3, 0.4) is 0 Å². The highest BCUT2D eigenvalue weighted by Crippen LogP contribution is 2.39. The van der Waals surface area contributed by atoms with Crippen LogP contribution in [0.2, 0.25) is 0 Å². The van der Waals surface area contributed by atoms with E-state index >= 15 is 0 Å². The number of carbonyl (C=O) groups is 1. The number of nitrogens with zero attached hydrogens (tertiary/aromatic N) is 2. The van der Waals surface area contributed by atoms with E-state index in [2.05, 4.69) is 4.90 Å². The molecule has 3 fully saturated rings. The van der Waals surface area contributed by atoms with E-state index in [9.17, 15) is 14.3 Å². The number of ether oxygens (including phenoxy) is 1. The van der Waals surface area contributed by atoms with Crippen LogP contribution in [-0.2, 0) is 0 Å². The second-order valence-electron chi connectivity index (χ2n) is 7.93. The molecule has 5 nitrogen and oxygen atoms in total. The average Bonchev–Trinajstić information content (AvgIpc) is 3.30. The first-order chi connectivity index (χ1) is 12.6. The Morgan fingerprint density at radius 1 is 1.19 bits per heavy atom.